The Bertz CT molecular complexity index is 1200. The molecule has 1 aliphatic rings. The topological polar surface area (TPSA) is 73.0 Å². The summed E-state index contributed by atoms with van der Waals surface area (Å²) in [6, 6.07) is 17.2. The molecule has 170 valence electrons. The summed E-state index contributed by atoms with van der Waals surface area (Å²) in [4.78, 5) is 14.7. The summed E-state index contributed by atoms with van der Waals surface area (Å²) in [6.45, 7) is 3.68. The van der Waals surface area contributed by atoms with Gasteiger partial charge in [-0.15, -0.1) is 0 Å². The van der Waals surface area contributed by atoms with E-state index in [-0.39, 0.29) is 5.92 Å². The van der Waals surface area contributed by atoms with Crippen molar-refractivity contribution in [1.29, 1.82) is 0 Å². The predicted octanol–water partition coefficient (Wildman–Crippen LogP) is 3.49. The number of likely N-dealkylation sites (N-methyl/N-ethyl adjacent to an activating group) is 2. The van der Waals surface area contributed by atoms with E-state index < -0.39 is 0 Å². The largest absolute Gasteiger partial charge is 0.358 e. The molecule has 2 atom stereocenters. The van der Waals surface area contributed by atoms with E-state index in [2.05, 4.69) is 95.0 Å². The van der Waals surface area contributed by atoms with Crippen LogP contribution in [0, 0.1) is 0 Å². The molecule has 7 nitrogen and oxygen atoms in total. The summed E-state index contributed by atoms with van der Waals surface area (Å²) in [6.07, 6.45) is 3.76. The fraction of sp³-hybridized carbons (Fsp3) is 0.346. The molecule has 2 unspecified atom stereocenters. The molecule has 33 heavy (non-hydrogen) atoms. The highest BCUT2D eigenvalue weighted by molar-refractivity contribution is 5.93. The number of nitrogens with one attached hydrogen (secondary N) is 2. The maximum absolute atomic E-state index is 5.19. The van der Waals surface area contributed by atoms with Gasteiger partial charge in [0.05, 0.1) is 11.7 Å². The summed E-state index contributed by atoms with van der Waals surface area (Å²) < 4.78 is 0. The van der Waals surface area contributed by atoms with Crippen molar-refractivity contribution >= 4 is 16.7 Å². The van der Waals surface area contributed by atoms with E-state index >= 15 is 0 Å². The maximum Gasteiger partial charge on any atom is 0.140 e. The van der Waals surface area contributed by atoms with E-state index in [1.165, 1.54) is 5.56 Å². The van der Waals surface area contributed by atoms with Crippen molar-refractivity contribution < 1.29 is 0 Å². The molecule has 3 heterocycles. The Hall–Kier alpha value is -3.29. The van der Waals surface area contributed by atoms with E-state index in [0.717, 1.165) is 59.9 Å². The Kier molecular flexibility index (Phi) is 6.07. The average Bonchev–Trinajstić information content (AvgIpc) is 3.55. The number of anilines is 1. The lowest BCUT2D eigenvalue weighted by Crippen LogP contribution is -2.29. The Morgan fingerprint density at radius 2 is 1.73 bits per heavy atom. The van der Waals surface area contributed by atoms with Gasteiger partial charge < -0.3 is 15.1 Å². The molecule has 2 N–H and O–H groups in total. The van der Waals surface area contributed by atoms with Crippen molar-refractivity contribution in [2.45, 2.75) is 11.8 Å². The zero-order chi connectivity index (χ0) is 22.8. The van der Waals surface area contributed by atoms with E-state index in [1.54, 1.807) is 0 Å². The fourth-order valence-electron chi connectivity index (χ4n) is 4.63. The minimum atomic E-state index is 0.242. The summed E-state index contributed by atoms with van der Waals surface area (Å²) in [5.74, 6) is 2.52. The normalized spacial score (nSPS) is 18.3. The second kappa shape index (κ2) is 9.29. The van der Waals surface area contributed by atoms with Crippen LogP contribution in [0.3, 0.4) is 0 Å². The Morgan fingerprint density at radius 1 is 0.909 bits per heavy atom. The number of aromatic nitrogens is 4. The number of nitrogens with zero attached hydrogens (tertiary/aromatic N) is 5. The van der Waals surface area contributed by atoms with Gasteiger partial charge in [0.2, 0.25) is 0 Å². The highest BCUT2D eigenvalue weighted by Crippen LogP contribution is 2.37. The first-order valence-electron chi connectivity index (χ1n) is 11.5. The van der Waals surface area contributed by atoms with Gasteiger partial charge in [0.15, 0.2) is 0 Å². The highest BCUT2D eigenvalue weighted by Gasteiger charge is 2.32. The van der Waals surface area contributed by atoms with Crippen LogP contribution in [0.1, 0.15) is 23.2 Å². The molecule has 2 aromatic heterocycles. The molecule has 0 radical (unpaired) electrons. The fourth-order valence-corrected chi connectivity index (χ4v) is 4.63. The summed E-state index contributed by atoms with van der Waals surface area (Å²) in [5.41, 5.74) is 4.50. The standard InChI is InChI=1S/C26H31N7/c1-32(2)11-12-33(3)26-21-13-19(20-14-28-29-15-20)9-10-24(21)30-25(31-26)23-17-27-16-22(23)18-7-5-4-6-8-18/h4-10,13-15,22-23,27H,11-12,16-17H2,1-3H3,(H,28,29). The third kappa shape index (κ3) is 4.47. The van der Waals surface area contributed by atoms with Gasteiger partial charge in [-0.2, -0.15) is 5.10 Å². The van der Waals surface area contributed by atoms with Gasteiger partial charge in [-0.05, 0) is 37.4 Å². The van der Waals surface area contributed by atoms with E-state index in [4.69, 9.17) is 9.97 Å². The quantitative estimate of drug-likeness (QED) is 0.457. The minimum absolute atomic E-state index is 0.242. The van der Waals surface area contributed by atoms with Crippen molar-refractivity contribution in [3.8, 4) is 11.1 Å². The van der Waals surface area contributed by atoms with Crippen molar-refractivity contribution in [3.05, 3.63) is 72.3 Å². The molecule has 0 amide bonds. The monoisotopic (exact) mass is 441 g/mol. The number of hydrogen-bond donors (Lipinski definition) is 2. The van der Waals surface area contributed by atoms with Crippen LogP contribution < -0.4 is 10.2 Å². The zero-order valence-corrected chi connectivity index (χ0v) is 19.5. The molecule has 4 aromatic rings. The second-order valence-electron chi connectivity index (χ2n) is 9.13. The number of benzene rings is 2. The van der Waals surface area contributed by atoms with Crippen molar-refractivity contribution in [2.24, 2.45) is 0 Å². The molecule has 2 aromatic carbocycles. The SMILES string of the molecule is CN(C)CCN(C)c1nc(C2CNCC2c2ccccc2)nc2ccc(-c3cn[nH]c3)cc12. The van der Waals surface area contributed by atoms with Gasteiger partial charge in [-0.25, -0.2) is 9.97 Å². The van der Waals surface area contributed by atoms with Gasteiger partial charge in [-0.3, -0.25) is 5.10 Å². The molecular weight excluding hydrogens is 410 g/mol. The third-order valence-electron chi connectivity index (χ3n) is 6.54. The molecule has 1 saturated heterocycles. The molecule has 0 spiro atoms. The Labute approximate surface area is 194 Å². The van der Waals surface area contributed by atoms with Crippen LogP contribution in [0.15, 0.2) is 60.9 Å². The van der Waals surface area contributed by atoms with Gasteiger partial charge in [0.1, 0.15) is 11.6 Å². The second-order valence-corrected chi connectivity index (χ2v) is 9.13. The van der Waals surface area contributed by atoms with Crippen LogP contribution in [-0.2, 0) is 0 Å². The number of rotatable bonds is 7. The lowest BCUT2D eigenvalue weighted by Gasteiger charge is -2.24. The van der Waals surface area contributed by atoms with Crippen LogP contribution in [0.4, 0.5) is 5.82 Å². The van der Waals surface area contributed by atoms with Crippen LogP contribution in [0.2, 0.25) is 0 Å². The van der Waals surface area contributed by atoms with Crippen LogP contribution in [0.25, 0.3) is 22.0 Å². The third-order valence-corrected chi connectivity index (χ3v) is 6.54. The van der Waals surface area contributed by atoms with Crippen molar-refractivity contribution in [2.75, 3.05) is 52.2 Å². The lowest BCUT2D eigenvalue weighted by atomic mass is 9.88. The molecule has 5 rings (SSSR count). The number of fused-ring (bicyclic) bond motifs is 1. The summed E-state index contributed by atoms with van der Waals surface area (Å²) >= 11 is 0. The smallest absolute Gasteiger partial charge is 0.140 e. The van der Waals surface area contributed by atoms with Gasteiger partial charge in [-0.1, -0.05) is 36.4 Å². The van der Waals surface area contributed by atoms with Gasteiger partial charge >= 0.3 is 0 Å². The molecule has 1 aliphatic heterocycles. The van der Waals surface area contributed by atoms with Gasteiger partial charge in [0, 0.05) is 62.2 Å². The first kappa shape index (κ1) is 21.6. The number of H-pyrrole nitrogens is 1. The highest BCUT2D eigenvalue weighted by atomic mass is 15.2. The molecule has 0 bridgehead atoms. The summed E-state index contributed by atoms with van der Waals surface area (Å²) in [5, 5.41) is 11.7. The van der Waals surface area contributed by atoms with E-state index in [0.29, 0.717) is 5.92 Å². The number of aromatic amines is 1. The maximum atomic E-state index is 5.19. The number of hydrogen-bond acceptors (Lipinski definition) is 6. The van der Waals surface area contributed by atoms with Crippen molar-refractivity contribution in [3.63, 3.8) is 0 Å². The minimum Gasteiger partial charge on any atom is -0.358 e. The van der Waals surface area contributed by atoms with E-state index in [9.17, 15) is 0 Å². The van der Waals surface area contributed by atoms with Gasteiger partial charge in [0.25, 0.3) is 0 Å². The summed E-state index contributed by atoms with van der Waals surface area (Å²) in [7, 11) is 6.33. The molecule has 1 fully saturated rings. The molecular formula is C26H31N7. The molecule has 0 aliphatic carbocycles. The molecule has 0 saturated carbocycles. The average molecular weight is 442 g/mol. The Balaban J connectivity index is 1.59. The first-order valence-corrected chi connectivity index (χ1v) is 11.5. The van der Waals surface area contributed by atoms with Crippen molar-refractivity contribution in [1.82, 2.24) is 30.4 Å². The van der Waals surface area contributed by atoms with Crippen LogP contribution >= 0.6 is 0 Å². The first-order chi connectivity index (χ1) is 16.1. The van der Waals surface area contributed by atoms with E-state index in [1.807, 2.05) is 12.4 Å². The lowest BCUT2D eigenvalue weighted by molar-refractivity contribution is 0.416. The molecule has 7 heteroatoms. The van der Waals surface area contributed by atoms with Crippen LogP contribution in [0.5, 0.6) is 0 Å². The predicted molar refractivity (Wildman–Crippen MR) is 134 cm³/mol. The zero-order valence-electron chi connectivity index (χ0n) is 19.5. The Morgan fingerprint density at radius 3 is 2.48 bits per heavy atom. The van der Waals surface area contributed by atoms with Crippen LogP contribution in [-0.4, -0.2) is 72.4 Å².